The molecule has 166 valence electrons. The largest absolute Gasteiger partial charge is 0.481 e. The Hall–Kier alpha value is -2.34. The van der Waals surface area contributed by atoms with Crippen LogP contribution in [0, 0.1) is 5.92 Å². The van der Waals surface area contributed by atoms with Gasteiger partial charge >= 0.3 is 11.9 Å². The summed E-state index contributed by atoms with van der Waals surface area (Å²) in [5.74, 6) is -4.63. The Morgan fingerprint density at radius 3 is 1.97 bits per heavy atom. The van der Waals surface area contributed by atoms with E-state index in [4.69, 9.17) is 15.9 Å². The van der Waals surface area contributed by atoms with Crippen LogP contribution < -0.4 is 21.7 Å². The number of carbonyl (C=O) groups excluding carboxylic acids is 3. The first-order valence-electron chi connectivity index (χ1n) is 9.00. The van der Waals surface area contributed by atoms with Crippen molar-refractivity contribution < 1.29 is 34.2 Å². The van der Waals surface area contributed by atoms with Crippen molar-refractivity contribution in [2.24, 2.45) is 11.7 Å². The van der Waals surface area contributed by atoms with Crippen LogP contribution in [-0.2, 0) is 24.0 Å². The number of carbonyl (C=O) groups is 5. The molecule has 0 heterocycles. The van der Waals surface area contributed by atoms with Gasteiger partial charge in [0, 0.05) is 0 Å². The summed E-state index contributed by atoms with van der Waals surface area (Å²) >= 11 is 1.54. The van der Waals surface area contributed by atoms with Crippen LogP contribution in [0.5, 0.6) is 0 Å². The Balaban J connectivity index is 4.98. The van der Waals surface area contributed by atoms with Gasteiger partial charge in [-0.15, -0.1) is 0 Å². The summed E-state index contributed by atoms with van der Waals surface area (Å²) in [6.07, 6.45) is 1.52. The monoisotopic (exact) mass is 434 g/mol. The first kappa shape index (κ1) is 26.7. The second-order valence-electron chi connectivity index (χ2n) is 6.85. The summed E-state index contributed by atoms with van der Waals surface area (Å²) in [6, 6.07) is -4.51. The summed E-state index contributed by atoms with van der Waals surface area (Å²) in [7, 11) is 0. The van der Waals surface area contributed by atoms with Crippen molar-refractivity contribution in [1.29, 1.82) is 0 Å². The van der Waals surface area contributed by atoms with Crippen LogP contribution in [0.1, 0.15) is 33.6 Å². The lowest BCUT2D eigenvalue weighted by molar-refractivity contribution is -0.147. The van der Waals surface area contributed by atoms with Crippen molar-refractivity contribution in [3.05, 3.63) is 0 Å². The molecule has 12 heteroatoms. The van der Waals surface area contributed by atoms with E-state index in [0.29, 0.717) is 12.2 Å². The summed E-state index contributed by atoms with van der Waals surface area (Å²) < 4.78 is 0. The minimum atomic E-state index is -1.63. The standard InChI is InChI=1S/C17H30N4O7S/c1-8(2)13(16(26)20-11(17(27)28)7-12(22)23)21-14(24)9(3)19-15(25)10(18)5-6-29-4/h8-11,13H,5-7,18H2,1-4H3,(H,19,25)(H,20,26)(H,21,24)(H,22,23)(H,27,28). The third-order valence-corrected chi connectivity index (χ3v) is 4.61. The third kappa shape index (κ3) is 10.1. The number of amides is 3. The first-order valence-corrected chi connectivity index (χ1v) is 10.4. The maximum atomic E-state index is 12.4. The minimum absolute atomic E-state index is 0.426. The van der Waals surface area contributed by atoms with Gasteiger partial charge in [0.25, 0.3) is 0 Å². The molecule has 0 fully saturated rings. The second kappa shape index (κ2) is 13.0. The maximum Gasteiger partial charge on any atom is 0.326 e. The molecule has 0 saturated carbocycles. The van der Waals surface area contributed by atoms with Crippen LogP contribution >= 0.6 is 11.8 Å². The molecule has 0 aliphatic heterocycles. The Morgan fingerprint density at radius 2 is 1.52 bits per heavy atom. The Kier molecular flexibility index (Phi) is 11.9. The van der Waals surface area contributed by atoms with Gasteiger partial charge in [-0.25, -0.2) is 4.79 Å². The number of hydrogen-bond acceptors (Lipinski definition) is 7. The summed E-state index contributed by atoms with van der Waals surface area (Å²) in [4.78, 5) is 58.7. The molecular weight excluding hydrogens is 404 g/mol. The van der Waals surface area contributed by atoms with Crippen molar-refractivity contribution in [3.8, 4) is 0 Å². The van der Waals surface area contributed by atoms with Crippen molar-refractivity contribution in [3.63, 3.8) is 0 Å². The van der Waals surface area contributed by atoms with E-state index < -0.39 is 66.2 Å². The second-order valence-corrected chi connectivity index (χ2v) is 7.83. The quantitative estimate of drug-likeness (QED) is 0.206. The number of carboxylic acid groups (broad SMARTS) is 2. The summed E-state index contributed by atoms with van der Waals surface area (Å²) in [6.45, 7) is 4.67. The number of nitrogens with one attached hydrogen (secondary N) is 3. The number of aliphatic carboxylic acids is 2. The number of hydrogen-bond donors (Lipinski definition) is 6. The molecule has 0 aromatic heterocycles. The normalized spacial score (nSPS) is 15.0. The zero-order valence-electron chi connectivity index (χ0n) is 16.9. The lowest BCUT2D eigenvalue weighted by Crippen LogP contribution is -2.58. The SMILES string of the molecule is CSCCC(N)C(=O)NC(C)C(=O)NC(C(=O)NC(CC(=O)O)C(=O)O)C(C)C. The van der Waals surface area contributed by atoms with Crippen LogP contribution in [0.3, 0.4) is 0 Å². The van der Waals surface area contributed by atoms with Gasteiger partial charge in [0.05, 0.1) is 12.5 Å². The van der Waals surface area contributed by atoms with Crippen LogP contribution in [0.15, 0.2) is 0 Å². The van der Waals surface area contributed by atoms with Gasteiger partial charge in [-0.05, 0) is 31.3 Å². The van der Waals surface area contributed by atoms with Gasteiger partial charge in [0.15, 0.2) is 0 Å². The Labute approximate surface area is 173 Å². The summed E-state index contributed by atoms with van der Waals surface area (Å²) in [5.41, 5.74) is 5.75. The van der Waals surface area contributed by atoms with E-state index in [0.717, 1.165) is 0 Å². The molecule has 7 N–H and O–H groups in total. The highest BCUT2D eigenvalue weighted by molar-refractivity contribution is 7.98. The zero-order chi connectivity index (χ0) is 22.7. The number of rotatable bonds is 13. The van der Waals surface area contributed by atoms with Crippen LogP contribution in [0.4, 0.5) is 0 Å². The van der Waals surface area contributed by atoms with Gasteiger partial charge in [-0.1, -0.05) is 13.8 Å². The molecular formula is C17H30N4O7S. The fraction of sp³-hybridized carbons (Fsp3) is 0.706. The van der Waals surface area contributed by atoms with Crippen molar-refractivity contribution >= 4 is 41.4 Å². The topological polar surface area (TPSA) is 188 Å². The van der Waals surface area contributed by atoms with E-state index in [2.05, 4.69) is 16.0 Å². The van der Waals surface area contributed by atoms with Crippen LogP contribution in [0.25, 0.3) is 0 Å². The lowest BCUT2D eigenvalue weighted by Gasteiger charge is -2.25. The van der Waals surface area contributed by atoms with Crippen LogP contribution in [-0.4, -0.2) is 76.0 Å². The van der Waals surface area contributed by atoms with Gasteiger partial charge in [-0.3, -0.25) is 19.2 Å². The minimum Gasteiger partial charge on any atom is -0.481 e. The molecule has 0 rings (SSSR count). The van der Waals surface area contributed by atoms with Gasteiger partial charge in [0.1, 0.15) is 18.1 Å². The number of carboxylic acids is 2. The van der Waals surface area contributed by atoms with Crippen molar-refractivity contribution in [2.75, 3.05) is 12.0 Å². The van der Waals surface area contributed by atoms with E-state index in [1.807, 2.05) is 6.26 Å². The fourth-order valence-electron chi connectivity index (χ4n) is 2.21. The highest BCUT2D eigenvalue weighted by atomic mass is 32.2. The molecule has 3 amide bonds. The first-order chi connectivity index (χ1) is 13.4. The Morgan fingerprint density at radius 1 is 0.931 bits per heavy atom. The highest BCUT2D eigenvalue weighted by Gasteiger charge is 2.31. The zero-order valence-corrected chi connectivity index (χ0v) is 17.7. The molecule has 0 aromatic rings. The molecule has 0 aliphatic carbocycles. The molecule has 0 saturated heterocycles. The van der Waals surface area contributed by atoms with E-state index >= 15 is 0 Å². The average molecular weight is 435 g/mol. The van der Waals surface area contributed by atoms with E-state index in [1.165, 1.54) is 18.7 Å². The van der Waals surface area contributed by atoms with E-state index in [-0.39, 0.29) is 0 Å². The van der Waals surface area contributed by atoms with Gasteiger partial charge in [-0.2, -0.15) is 11.8 Å². The molecule has 0 aliphatic rings. The third-order valence-electron chi connectivity index (χ3n) is 3.96. The van der Waals surface area contributed by atoms with Crippen molar-refractivity contribution in [2.45, 2.75) is 57.8 Å². The number of thioether (sulfide) groups is 1. The fourth-order valence-corrected chi connectivity index (χ4v) is 2.70. The van der Waals surface area contributed by atoms with Crippen molar-refractivity contribution in [1.82, 2.24) is 16.0 Å². The number of nitrogens with two attached hydrogens (primary N) is 1. The Bertz CT molecular complexity index is 615. The molecule has 29 heavy (non-hydrogen) atoms. The highest BCUT2D eigenvalue weighted by Crippen LogP contribution is 2.05. The molecule has 0 bridgehead atoms. The van der Waals surface area contributed by atoms with Gasteiger partial charge < -0.3 is 31.9 Å². The predicted octanol–water partition coefficient (Wildman–Crippen LogP) is -1.24. The molecule has 11 nitrogen and oxygen atoms in total. The average Bonchev–Trinajstić information content (AvgIpc) is 2.62. The summed E-state index contributed by atoms with van der Waals surface area (Å²) in [5, 5.41) is 24.8. The van der Waals surface area contributed by atoms with E-state index in [1.54, 1.807) is 13.8 Å². The molecule has 4 unspecified atom stereocenters. The molecule has 0 radical (unpaired) electrons. The van der Waals surface area contributed by atoms with Crippen LogP contribution in [0.2, 0.25) is 0 Å². The lowest BCUT2D eigenvalue weighted by atomic mass is 10.0. The maximum absolute atomic E-state index is 12.4. The smallest absolute Gasteiger partial charge is 0.326 e. The molecule has 0 spiro atoms. The predicted molar refractivity (Wildman–Crippen MR) is 107 cm³/mol. The molecule has 0 aromatic carbocycles. The van der Waals surface area contributed by atoms with E-state index in [9.17, 15) is 24.0 Å². The molecule has 4 atom stereocenters. The van der Waals surface area contributed by atoms with Gasteiger partial charge in [0.2, 0.25) is 17.7 Å².